The highest BCUT2D eigenvalue weighted by Crippen LogP contribution is 2.37. The van der Waals surface area contributed by atoms with Gasteiger partial charge in [0.05, 0.1) is 10.7 Å². The van der Waals surface area contributed by atoms with Crippen LogP contribution in [0.25, 0.3) is 0 Å². The Morgan fingerprint density at radius 1 is 1.44 bits per heavy atom. The molecule has 0 aromatic carbocycles. The average molecular weight is 267 g/mol. The van der Waals surface area contributed by atoms with Gasteiger partial charge in [0.1, 0.15) is 0 Å². The summed E-state index contributed by atoms with van der Waals surface area (Å²) in [6, 6.07) is 0. The third-order valence-electron chi connectivity index (χ3n) is 3.81. The van der Waals surface area contributed by atoms with Crippen LogP contribution >= 0.6 is 11.8 Å². The lowest BCUT2D eigenvalue weighted by atomic mass is 9.91. The van der Waals surface area contributed by atoms with Gasteiger partial charge in [0.2, 0.25) is 0 Å². The van der Waals surface area contributed by atoms with Crippen LogP contribution < -0.4 is 5.32 Å². The molecule has 1 aliphatic rings. The lowest BCUT2D eigenvalue weighted by Crippen LogP contribution is -2.16. The molecule has 0 radical (unpaired) electrons. The standard InChI is InChI=1S/C14H25N3S/c1-10-6-5-7-12(8-10)18-14-13(9-15-3)11(2)16-17(14)4/h10,12,15H,5-9H2,1-4H3. The summed E-state index contributed by atoms with van der Waals surface area (Å²) >= 11 is 2.04. The van der Waals surface area contributed by atoms with E-state index in [2.05, 4.69) is 36.0 Å². The molecule has 1 aromatic heterocycles. The van der Waals surface area contributed by atoms with Crippen LogP contribution in [-0.4, -0.2) is 22.1 Å². The van der Waals surface area contributed by atoms with Gasteiger partial charge in [0.15, 0.2) is 0 Å². The lowest BCUT2D eigenvalue weighted by Gasteiger charge is -2.26. The maximum absolute atomic E-state index is 4.57. The van der Waals surface area contributed by atoms with Gasteiger partial charge in [-0.1, -0.05) is 19.8 Å². The molecule has 2 atom stereocenters. The van der Waals surface area contributed by atoms with Gasteiger partial charge in [-0.3, -0.25) is 4.68 Å². The number of aryl methyl sites for hydroxylation is 2. The molecule has 2 rings (SSSR count). The highest BCUT2D eigenvalue weighted by molar-refractivity contribution is 7.99. The zero-order chi connectivity index (χ0) is 13.1. The van der Waals surface area contributed by atoms with Crippen molar-refractivity contribution in [2.45, 2.75) is 56.4 Å². The molecule has 0 spiro atoms. The van der Waals surface area contributed by atoms with Crippen molar-refractivity contribution in [3.63, 3.8) is 0 Å². The lowest BCUT2D eigenvalue weighted by molar-refractivity contribution is 0.393. The molecule has 0 aliphatic heterocycles. The van der Waals surface area contributed by atoms with Crippen LogP contribution in [0.5, 0.6) is 0 Å². The van der Waals surface area contributed by atoms with Crippen molar-refractivity contribution in [2.24, 2.45) is 13.0 Å². The fourth-order valence-corrected chi connectivity index (χ4v) is 4.43. The van der Waals surface area contributed by atoms with Crippen molar-refractivity contribution < 1.29 is 0 Å². The van der Waals surface area contributed by atoms with E-state index in [1.165, 1.54) is 42.0 Å². The monoisotopic (exact) mass is 267 g/mol. The van der Waals surface area contributed by atoms with Crippen molar-refractivity contribution in [3.8, 4) is 0 Å². The predicted molar refractivity (Wildman–Crippen MR) is 78.0 cm³/mol. The van der Waals surface area contributed by atoms with Gasteiger partial charge < -0.3 is 5.32 Å². The van der Waals surface area contributed by atoms with Gasteiger partial charge in [0.25, 0.3) is 0 Å². The van der Waals surface area contributed by atoms with Crippen LogP contribution in [0.3, 0.4) is 0 Å². The topological polar surface area (TPSA) is 29.9 Å². The minimum atomic E-state index is 0.777. The zero-order valence-electron chi connectivity index (χ0n) is 12.0. The van der Waals surface area contributed by atoms with Crippen LogP contribution in [0, 0.1) is 12.8 Å². The minimum absolute atomic E-state index is 0.777. The van der Waals surface area contributed by atoms with Crippen molar-refractivity contribution in [1.29, 1.82) is 0 Å². The molecule has 1 heterocycles. The SMILES string of the molecule is CNCc1c(C)nn(C)c1SC1CCCC(C)C1. The van der Waals surface area contributed by atoms with Crippen LogP contribution in [0.2, 0.25) is 0 Å². The Balaban J connectivity index is 2.12. The van der Waals surface area contributed by atoms with E-state index < -0.39 is 0 Å². The fraction of sp³-hybridized carbons (Fsp3) is 0.786. The molecule has 1 N–H and O–H groups in total. The van der Waals surface area contributed by atoms with E-state index in [4.69, 9.17) is 0 Å². The zero-order valence-corrected chi connectivity index (χ0v) is 12.8. The quantitative estimate of drug-likeness (QED) is 0.909. The summed E-state index contributed by atoms with van der Waals surface area (Å²) in [5.74, 6) is 0.887. The second kappa shape index (κ2) is 6.11. The van der Waals surface area contributed by atoms with Crippen molar-refractivity contribution in [2.75, 3.05) is 7.05 Å². The molecule has 4 heteroatoms. The number of nitrogens with zero attached hydrogens (tertiary/aromatic N) is 2. The van der Waals surface area contributed by atoms with Gasteiger partial charge in [-0.05, 0) is 32.7 Å². The maximum atomic E-state index is 4.57. The van der Waals surface area contributed by atoms with E-state index in [1.54, 1.807) is 0 Å². The Hall–Kier alpha value is -0.480. The number of hydrogen-bond donors (Lipinski definition) is 1. The van der Waals surface area contributed by atoms with E-state index in [-0.39, 0.29) is 0 Å². The number of nitrogens with one attached hydrogen (secondary N) is 1. The summed E-state index contributed by atoms with van der Waals surface area (Å²) in [5.41, 5.74) is 2.54. The predicted octanol–water partition coefficient (Wildman–Crippen LogP) is 3.12. The van der Waals surface area contributed by atoms with E-state index in [0.717, 1.165) is 17.7 Å². The van der Waals surface area contributed by atoms with Gasteiger partial charge in [-0.25, -0.2) is 0 Å². The summed E-state index contributed by atoms with van der Waals surface area (Å²) in [4.78, 5) is 0. The maximum Gasteiger partial charge on any atom is 0.0987 e. The van der Waals surface area contributed by atoms with Gasteiger partial charge in [-0.15, -0.1) is 11.8 Å². The normalized spacial score (nSPS) is 24.4. The van der Waals surface area contributed by atoms with Crippen molar-refractivity contribution in [3.05, 3.63) is 11.3 Å². The van der Waals surface area contributed by atoms with Crippen molar-refractivity contribution in [1.82, 2.24) is 15.1 Å². The fourth-order valence-electron chi connectivity index (χ4n) is 2.85. The minimum Gasteiger partial charge on any atom is -0.316 e. The van der Waals surface area contributed by atoms with E-state index in [9.17, 15) is 0 Å². The second-order valence-corrected chi connectivity index (χ2v) is 6.82. The molecular weight excluding hydrogens is 242 g/mol. The first-order valence-electron chi connectivity index (χ1n) is 6.95. The molecule has 102 valence electrons. The smallest absolute Gasteiger partial charge is 0.0987 e. The summed E-state index contributed by atoms with van der Waals surface area (Å²) in [6.45, 7) is 5.42. The molecule has 1 aliphatic carbocycles. The van der Waals surface area contributed by atoms with Crippen LogP contribution in [0.15, 0.2) is 5.03 Å². The number of rotatable bonds is 4. The van der Waals surface area contributed by atoms with Gasteiger partial charge in [0, 0.05) is 24.4 Å². The first-order valence-corrected chi connectivity index (χ1v) is 7.83. The summed E-state index contributed by atoms with van der Waals surface area (Å²) < 4.78 is 2.06. The van der Waals surface area contributed by atoms with Gasteiger partial charge >= 0.3 is 0 Å². The third kappa shape index (κ3) is 3.09. The van der Waals surface area contributed by atoms with Crippen LogP contribution in [-0.2, 0) is 13.6 Å². The molecule has 1 saturated carbocycles. The van der Waals surface area contributed by atoms with Crippen LogP contribution in [0.1, 0.15) is 43.9 Å². The molecule has 1 fully saturated rings. The average Bonchev–Trinajstić information content (AvgIpc) is 2.57. The molecule has 1 aromatic rings. The molecule has 3 nitrogen and oxygen atoms in total. The highest BCUT2D eigenvalue weighted by atomic mass is 32.2. The Kier molecular flexibility index (Phi) is 4.73. The van der Waals surface area contributed by atoms with Gasteiger partial charge in [-0.2, -0.15) is 5.10 Å². The van der Waals surface area contributed by atoms with E-state index in [1.807, 2.05) is 18.8 Å². The Bertz CT molecular complexity index is 400. The third-order valence-corrected chi connectivity index (χ3v) is 5.30. The van der Waals surface area contributed by atoms with E-state index >= 15 is 0 Å². The summed E-state index contributed by atoms with van der Waals surface area (Å²) in [7, 11) is 4.07. The summed E-state index contributed by atoms with van der Waals surface area (Å²) in [6.07, 6.45) is 5.51. The Morgan fingerprint density at radius 2 is 2.22 bits per heavy atom. The summed E-state index contributed by atoms with van der Waals surface area (Å²) in [5, 5.41) is 9.97. The molecular formula is C14H25N3S. The first-order chi connectivity index (χ1) is 8.61. The highest BCUT2D eigenvalue weighted by Gasteiger charge is 2.23. The van der Waals surface area contributed by atoms with Crippen molar-refractivity contribution >= 4 is 11.8 Å². The molecule has 18 heavy (non-hydrogen) atoms. The Labute approximate surface area is 115 Å². The molecule has 0 amide bonds. The molecule has 2 unspecified atom stereocenters. The first kappa shape index (κ1) is 13.9. The number of aromatic nitrogens is 2. The largest absolute Gasteiger partial charge is 0.316 e. The Morgan fingerprint density at radius 3 is 2.89 bits per heavy atom. The molecule has 0 bridgehead atoms. The number of hydrogen-bond acceptors (Lipinski definition) is 3. The molecule has 0 saturated heterocycles. The van der Waals surface area contributed by atoms with E-state index in [0.29, 0.717) is 0 Å². The second-order valence-electron chi connectivity index (χ2n) is 5.53. The van der Waals surface area contributed by atoms with Crippen LogP contribution in [0.4, 0.5) is 0 Å². The number of thioether (sulfide) groups is 1.